The number of carbonyl (C=O) groups is 1. The highest BCUT2D eigenvalue weighted by Crippen LogP contribution is 2.60. The van der Waals surface area contributed by atoms with Crippen molar-refractivity contribution in [2.75, 3.05) is 6.61 Å². The first kappa shape index (κ1) is 33.8. The number of hydrogen-bond acceptors (Lipinski definition) is 3. The van der Waals surface area contributed by atoms with Gasteiger partial charge in [-0.25, -0.2) is 4.79 Å². The van der Waals surface area contributed by atoms with Crippen LogP contribution in [0, 0.1) is 0 Å². The number of nitrogens with zero attached hydrogens (tertiary/aromatic N) is 1. The maximum Gasteiger partial charge on any atom is 0.460 e. The highest BCUT2D eigenvalue weighted by molar-refractivity contribution is 7.87. The summed E-state index contributed by atoms with van der Waals surface area (Å²) in [5, 5.41) is 0.149. The van der Waals surface area contributed by atoms with Crippen molar-refractivity contribution >= 4 is 28.9 Å². The normalized spacial score (nSPS) is 13.9. The van der Waals surface area contributed by atoms with Crippen LogP contribution in [0.3, 0.4) is 0 Å². The largest absolute Gasteiger partial charge is 0.463 e. The lowest BCUT2D eigenvalue weighted by Gasteiger charge is -2.38. The molecule has 0 N–H and O–H groups in total. The van der Waals surface area contributed by atoms with Crippen LogP contribution in [0.15, 0.2) is 108 Å². The molecule has 0 aromatic heterocycles. The van der Waals surface area contributed by atoms with Crippen molar-refractivity contribution in [3.63, 3.8) is 0 Å². The maximum atomic E-state index is 15.7. The first-order chi connectivity index (χ1) is 19.9. The maximum absolute atomic E-state index is 15.7. The summed E-state index contributed by atoms with van der Waals surface area (Å²) in [6.07, 6.45) is -7.77. The Bertz CT molecular complexity index is 1390. The van der Waals surface area contributed by atoms with Crippen LogP contribution in [0.25, 0.3) is 0 Å². The standard InChI is InChI=1S/C28H21F11NO2P/c1-2-42-23(41)18-22(24(29,30)25(31,32)26(33,34)27(35,36)28(37,38)39)40-43(19-12-6-3-7-13-19,20-14-8-4-9-15-20)21-16-10-5-11-17-21/h3-18H,2H2,1H3. The molecule has 0 saturated carbocycles. The lowest BCUT2D eigenvalue weighted by Crippen LogP contribution is -2.66. The number of rotatable bonds is 10. The molecule has 3 aromatic rings. The summed E-state index contributed by atoms with van der Waals surface area (Å²) in [5.41, 5.74) is -2.50. The Morgan fingerprint density at radius 2 is 1.02 bits per heavy atom. The van der Waals surface area contributed by atoms with Gasteiger partial charge in [-0.15, -0.1) is 0 Å². The summed E-state index contributed by atoms with van der Waals surface area (Å²) in [6.45, 7) is 0.631. The van der Waals surface area contributed by atoms with Gasteiger partial charge in [0.05, 0.1) is 19.7 Å². The molecule has 0 aliphatic heterocycles. The third-order valence-electron chi connectivity index (χ3n) is 6.05. The lowest BCUT2D eigenvalue weighted by molar-refractivity contribution is -0.418. The molecule has 0 aliphatic carbocycles. The fraction of sp³-hybridized carbons (Fsp3) is 0.250. The van der Waals surface area contributed by atoms with Gasteiger partial charge in [0.1, 0.15) is 5.70 Å². The van der Waals surface area contributed by atoms with Gasteiger partial charge in [0.2, 0.25) is 0 Å². The molecule has 0 saturated heterocycles. The second-order valence-corrected chi connectivity index (χ2v) is 11.8. The van der Waals surface area contributed by atoms with E-state index in [1.54, 1.807) is 0 Å². The number of hydrogen-bond donors (Lipinski definition) is 0. The van der Waals surface area contributed by atoms with Crippen LogP contribution in [-0.2, 0) is 9.53 Å². The van der Waals surface area contributed by atoms with E-state index in [9.17, 15) is 44.3 Å². The molecule has 0 radical (unpaired) electrons. The SMILES string of the molecule is CCOC(=O)C=C(N=P(c1ccccc1)(c1ccccc1)c1ccccc1)C(F)(F)C(F)(F)C(F)(F)C(F)(F)C(F)(F)F. The number of carbonyl (C=O) groups excluding carboxylic acids is 1. The molecule has 43 heavy (non-hydrogen) atoms. The zero-order chi connectivity index (χ0) is 32.3. The van der Waals surface area contributed by atoms with Gasteiger partial charge in [0.15, 0.2) is 0 Å². The Labute approximate surface area is 238 Å². The minimum atomic E-state index is -7.71. The fourth-order valence-corrected chi connectivity index (χ4v) is 7.48. The molecule has 0 heterocycles. The van der Waals surface area contributed by atoms with E-state index in [1.165, 1.54) is 97.9 Å². The zero-order valence-electron chi connectivity index (χ0n) is 21.8. The number of esters is 1. The van der Waals surface area contributed by atoms with Crippen LogP contribution in [0.5, 0.6) is 0 Å². The van der Waals surface area contributed by atoms with Gasteiger partial charge in [0.25, 0.3) is 0 Å². The van der Waals surface area contributed by atoms with E-state index in [0.717, 1.165) is 0 Å². The first-order valence-electron chi connectivity index (χ1n) is 12.1. The summed E-state index contributed by atoms with van der Waals surface area (Å²) in [4.78, 5) is 12.3. The van der Waals surface area contributed by atoms with Crippen LogP contribution in [-0.4, -0.2) is 42.4 Å². The smallest absolute Gasteiger partial charge is 0.460 e. The third kappa shape index (κ3) is 5.93. The molecule has 3 rings (SSSR count). The quantitative estimate of drug-likeness (QED) is 0.0983. The third-order valence-corrected chi connectivity index (χ3v) is 9.70. The van der Waals surface area contributed by atoms with Crippen LogP contribution < -0.4 is 15.9 Å². The van der Waals surface area contributed by atoms with Crippen molar-refractivity contribution in [3.05, 3.63) is 103 Å². The van der Waals surface area contributed by atoms with Gasteiger partial charge < -0.3 is 4.74 Å². The van der Waals surface area contributed by atoms with Crippen molar-refractivity contribution in [3.8, 4) is 0 Å². The summed E-state index contributed by atoms with van der Waals surface area (Å²) < 4.78 is 164. The molecule has 0 fully saturated rings. The zero-order valence-corrected chi connectivity index (χ0v) is 22.7. The molecule has 3 aromatic carbocycles. The van der Waals surface area contributed by atoms with Crippen LogP contribution in [0.1, 0.15) is 6.92 Å². The predicted molar refractivity (Wildman–Crippen MR) is 138 cm³/mol. The number of alkyl halides is 11. The summed E-state index contributed by atoms with van der Waals surface area (Å²) in [5.74, 6) is -31.2. The summed E-state index contributed by atoms with van der Waals surface area (Å²) >= 11 is 0. The molecule has 0 atom stereocenters. The highest BCUT2D eigenvalue weighted by Gasteiger charge is 2.87. The monoisotopic (exact) mass is 643 g/mol. The second kappa shape index (κ2) is 12.1. The van der Waals surface area contributed by atoms with Crippen LogP contribution >= 0.6 is 7.05 Å². The minimum Gasteiger partial charge on any atom is -0.463 e. The van der Waals surface area contributed by atoms with Crippen LogP contribution in [0.4, 0.5) is 48.3 Å². The fourth-order valence-electron chi connectivity index (χ4n) is 3.92. The van der Waals surface area contributed by atoms with Crippen LogP contribution in [0.2, 0.25) is 0 Å². The summed E-state index contributed by atoms with van der Waals surface area (Å²) in [7, 11) is -4.10. The first-order valence-corrected chi connectivity index (χ1v) is 13.9. The van der Waals surface area contributed by atoms with E-state index in [-0.39, 0.29) is 15.9 Å². The molecular formula is C28H21F11NO2P. The van der Waals surface area contributed by atoms with Gasteiger partial charge in [-0.2, -0.15) is 48.3 Å². The van der Waals surface area contributed by atoms with Crippen molar-refractivity contribution in [2.45, 2.75) is 36.8 Å². The molecule has 0 spiro atoms. The second-order valence-electron chi connectivity index (χ2n) is 8.82. The Morgan fingerprint density at radius 1 is 0.651 bits per heavy atom. The van der Waals surface area contributed by atoms with Crippen molar-refractivity contribution in [2.24, 2.45) is 4.74 Å². The van der Waals surface area contributed by atoms with Gasteiger partial charge in [-0.3, -0.25) is 4.74 Å². The van der Waals surface area contributed by atoms with E-state index in [2.05, 4.69) is 9.48 Å². The van der Waals surface area contributed by atoms with E-state index in [1.807, 2.05) is 0 Å². The number of allylic oxidation sites excluding steroid dienone is 1. The van der Waals surface area contributed by atoms with Crippen molar-refractivity contribution in [1.82, 2.24) is 0 Å². The number of benzene rings is 3. The molecule has 3 nitrogen and oxygen atoms in total. The Hall–Kier alpha value is -3.67. The topological polar surface area (TPSA) is 38.7 Å². The minimum absolute atomic E-state index is 0.0497. The van der Waals surface area contributed by atoms with Crippen molar-refractivity contribution < 1.29 is 57.8 Å². The highest BCUT2D eigenvalue weighted by atomic mass is 31.2. The van der Waals surface area contributed by atoms with E-state index < -0.39 is 61.3 Å². The molecule has 232 valence electrons. The van der Waals surface area contributed by atoms with E-state index in [0.29, 0.717) is 0 Å². The van der Waals surface area contributed by atoms with Gasteiger partial charge in [0, 0.05) is 15.9 Å². The number of halogens is 11. The predicted octanol–water partition coefficient (Wildman–Crippen LogP) is 7.71. The lowest BCUT2D eigenvalue weighted by atomic mass is 9.96. The van der Waals surface area contributed by atoms with E-state index in [4.69, 9.17) is 0 Å². The molecular weight excluding hydrogens is 622 g/mol. The molecule has 0 aliphatic rings. The molecule has 15 heteroatoms. The molecule has 0 amide bonds. The average molecular weight is 643 g/mol. The average Bonchev–Trinajstić information content (AvgIpc) is 2.96. The van der Waals surface area contributed by atoms with Crippen molar-refractivity contribution in [1.29, 1.82) is 0 Å². The molecule has 0 unspecified atom stereocenters. The Balaban J connectivity index is 2.54. The van der Waals surface area contributed by atoms with E-state index >= 15 is 8.78 Å². The number of ether oxygens (including phenoxy) is 1. The van der Waals surface area contributed by atoms with Gasteiger partial charge in [-0.05, 0) is 6.92 Å². The molecule has 0 bridgehead atoms. The van der Waals surface area contributed by atoms with Gasteiger partial charge in [-0.1, -0.05) is 91.0 Å². The Kier molecular flexibility index (Phi) is 9.55. The Morgan fingerprint density at radius 3 is 1.35 bits per heavy atom. The summed E-state index contributed by atoms with van der Waals surface area (Å²) in [6, 6.07) is 20.9. The van der Waals surface area contributed by atoms with Gasteiger partial charge >= 0.3 is 35.8 Å².